The summed E-state index contributed by atoms with van der Waals surface area (Å²) >= 11 is 5.97. The molecular formula is C23H27ClN2O3. The number of carbonyl (C=O) groups is 2. The second-order valence-electron chi connectivity index (χ2n) is 7.42. The molecule has 1 N–H and O–H groups in total. The number of amides is 2. The molecule has 3 rings (SSSR count). The lowest BCUT2D eigenvalue weighted by atomic mass is 10.1. The van der Waals surface area contributed by atoms with E-state index in [0.717, 1.165) is 31.2 Å². The number of carbonyl (C=O) groups excluding carboxylic acids is 2. The van der Waals surface area contributed by atoms with Gasteiger partial charge in [0, 0.05) is 17.6 Å². The minimum atomic E-state index is -0.591. The highest BCUT2D eigenvalue weighted by atomic mass is 35.5. The van der Waals surface area contributed by atoms with Gasteiger partial charge in [-0.1, -0.05) is 60.8 Å². The summed E-state index contributed by atoms with van der Waals surface area (Å²) in [5.41, 5.74) is 0.962. The smallest absolute Gasteiger partial charge is 0.261 e. The lowest BCUT2D eigenvalue weighted by Crippen LogP contribution is -2.50. The van der Waals surface area contributed by atoms with Crippen molar-refractivity contribution >= 4 is 23.4 Å². The Balaban J connectivity index is 1.68. The predicted octanol–water partition coefficient (Wildman–Crippen LogP) is 4.19. The van der Waals surface area contributed by atoms with Crippen molar-refractivity contribution in [3.63, 3.8) is 0 Å². The van der Waals surface area contributed by atoms with E-state index in [1.807, 2.05) is 30.3 Å². The second kappa shape index (κ2) is 10.3. The zero-order valence-corrected chi connectivity index (χ0v) is 17.4. The Morgan fingerprint density at radius 2 is 1.86 bits per heavy atom. The monoisotopic (exact) mass is 414 g/mol. The molecule has 5 nitrogen and oxygen atoms in total. The Labute approximate surface area is 177 Å². The summed E-state index contributed by atoms with van der Waals surface area (Å²) < 4.78 is 5.62. The van der Waals surface area contributed by atoms with Gasteiger partial charge in [0.15, 0.2) is 6.61 Å². The van der Waals surface area contributed by atoms with E-state index < -0.39 is 6.04 Å². The molecule has 1 aliphatic rings. The van der Waals surface area contributed by atoms with Crippen LogP contribution in [0.5, 0.6) is 5.75 Å². The number of ether oxygens (including phenoxy) is 1. The van der Waals surface area contributed by atoms with Crippen LogP contribution in [0.1, 0.15) is 38.2 Å². The molecule has 29 heavy (non-hydrogen) atoms. The van der Waals surface area contributed by atoms with Crippen LogP contribution >= 0.6 is 11.6 Å². The van der Waals surface area contributed by atoms with Gasteiger partial charge >= 0.3 is 0 Å². The molecule has 1 aliphatic carbocycles. The van der Waals surface area contributed by atoms with Gasteiger partial charge in [0.05, 0.1) is 0 Å². The summed E-state index contributed by atoms with van der Waals surface area (Å²) in [5.74, 6) is 0.153. The van der Waals surface area contributed by atoms with Crippen LogP contribution in [0.15, 0.2) is 54.6 Å². The average molecular weight is 415 g/mol. The number of benzene rings is 2. The van der Waals surface area contributed by atoms with Gasteiger partial charge < -0.3 is 15.0 Å². The van der Waals surface area contributed by atoms with Crippen LogP contribution in [0.2, 0.25) is 5.02 Å². The Bertz CT molecular complexity index is 822. The fourth-order valence-electron chi connectivity index (χ4n) is 3.54. The molecule has 1 fully saturated rings. The Morgan fingerprint density at radius 1 is 1.14 bits per heavy atom. The van der Waals surface area contributed by atoms with Gasteiger partial charge in [-0.15, -0.1) is 0 Å². The topological polar surface area (TPSA) is 58.6 Å². The maximum atomic E-state index is 13.0. The van der Waals surface area contributed by atoms with Crippen molar-refractivity contribution in [1.82, 2.24) is 10.2 Å². The first kappa shape index (κ1) is 21.2. The summed E-state index contributed by atoms with van der Waals surface area (Å²) in [6.07, 6.45) is 4.28. The molecule has 0 saturated heterocycles. The molecule has 0 aliphatic heterocycles. The molecule has 0 bridgehead atoms. The summed E-state index contributed by atoms with van der Waals surface area (Å²) in [6.45, 7) is 1.95. The summed E-state index contributed by atoms with van der Waals surface area (Å²) in [6, 6.07) is 16.2. The molecule has 2 aromatic carbocycles. The lowest BCUT2D eigenvalue weighted by molar-refractivity contribution is -0.142. The van der Waals surface area contributed by atoms with Crippen LogP contribution < -0.4 is 10.1 Å². The quantitative estimate of drug-likeness (QED) is 0.704. The fourth-order valence-corrected chi connectivity index (χ4v) is 3.72. The normalized spacial score (nSPS) is 15.0. The van der Waals surface area contributed by atoms with Crippen molar-refractivity contribution in [1.29, 1.82) is 0 Å². The maximum Gasteiger partial charge on any atom is 0.261 e. The Hall–Kier alpha value is -2.53. The standard InChI is InChI=1S/C23H27ClN2O3/c1-17(23(28)25-20-11-5-6-12-20)26(15-18-8-3-2-4-9-18)22(27)16-29-21-13-7-10-19(24)14-21/h2-4,7-10,13-14,17,20H,5-6,11-12,15-16H2,1H3,(H,25,28)/t17-/m1/s1. The molecule has 0 unspecified atom stereocenters. The molecule has 0 radical (unpaired) electrons. The van der Waals surface area contributed by atoms with E-state index in [2.05, 4.69) is 5.32 Å². The number of nitrogens with one attached hydrogen (secondary N) is 1. The minimum absolute atomic E-state index is 0.121. The SMILES string of the molecule is C[C@H](C(=O)NC1CCCC1)N(Cc1ccccc1)C(=O)COc1cccc(Cl)c1. The van der Waals surface area contributed by atoms with Crippen molar-refractivity contribution in [2.24, 2.45) is 0 Å². The van der Waals surface area contributed by atoms with Crippen LogP contribution in [0.3, 0.4) is 0 Å². The first-order valence-corrected chi connectivity index (χ1v) is 10.4. The first-order valence-electron chi connectivity index (χ1n) is 10.0. The molecule has 0 aromatic heterocycles. The molecule has 1 atom stereocenters. The Kier molecular flexibility index (Phi) is 7.53. The highest BCUT2D eigenvalue weighted by Crippen LogP contribution is 2.19. The van der Waals surface area contributed by atoms with Crippen molar-refractivity contribution < 1.29 is 14.3 Å². The second-order valence-corrected chi connectivity index (χ2v) is 7.86. The van der Waals surface area contributed by atoms with Gasteiger partial charge in [0.1, 0.15) is 11.8 Å². The molecule has 154 valence electrons. The molecule has 1 saturated carbocycles. The van der Waals surface area contributed by atoms with Crippen molar-refractivity contribution in [2.75, 3.05) is 6.61 Å². The zero-order valence-electron chi connectivity index (χ0n) is 16.6. The molecule has 2 aromatic rings. The maximum absolute atomic E-state index is 13.0. The molecule has 2 amide bonds. The van der Waals surface area contributed by atoms with Crippen molar-refractivity contribution in [3.05, 3.63) is 65.2 Å². The summed E-state index contributed by atoms with van der Waals surface area (Å²) in [5, 5.41) is 3.63. The summed E-state index contributed by atoms with van der Waals surface area (Å²) in [7, 11) is 0. The van der Waals surface area contributed by atoms with Gasteiger partial charge in [-0.05, 0) is 43.5 Å². The van der Waals surface area contributed by atoms with Gasteiger partial charge in [-0.3, -0.25) is 9.59 Å². The van der Waals surface area contributed by atoms with E-state index >= 15 is 0 Å². The largest absolute Gasteiger partial charge is 0.484 e. The van der Waals surface area contributed by atoms with Crippen LogP contribution in [0.25, 0.3) is 0 Å². The number of nitrogens with zero attached hydrogens (tertiary/aromatic N) is 1. The van der Waals surface area contributed by atoms with E-state index in [9.17, 15) is 9.59 Å². The Morgan fingerprint density at radius 3 is 2.55 bits per heavy atom. The lowest BCUT2D eigenvalue weighted by Gasteiger charge is -2.29. The third kappa shape index (κ3) is 6.23. The van der Waals surface area contributed by atoms with E-state index in [1.54, 1.807) is 36.1 Å². The van der Waals surface area contributed by atoms with Gasteiger partial charge in [0.25, 0.3) is 5.91 Å². The third-order valence-corrected chi connectivity index (χ3v) is 5.46. The van der Waals surface area contributed by atoms with E-state index in [1.165, 1.54) is 0 Å². The third-order valence-electron chi connectivity index (χ3n) is 5.22. The number of halogens is 1. The van der Waals surface area contributed by atoms with Crippen LogP contribution in [-0.4, -0.2) is 35.4 Å². The average Bonchev–Trinajstić information content (AvgIpc) is 3.23. The van der Waals surface area contributed by atoms with Gasteiger partial charge in [0.2, 0.25) is 5.91 Å². The molecule has 6 heteroatoms. The van der Waals surface area contributed by atoms with E-state index in [4.69, 9.17) is 16.3 Å². The highest BCUT2D eigenvalue weighted by molar-refractivity contribution is 6.30. The minimum Gasteiger partial charge on any atom is -0.484 e. The van der Waals surface area contributed by atoms with Crippen LogP contribution in [-0.2, 0) is 16.1 Å². The summed E-state index contributed by atoms with van der Waals surface area (Å²) in [4.78, 5) is 27.3. The molecule has 0 spiro atoms. The highest BCUT2D eigenvalue weighted by Gasteiger charge is 2.28. The number of rotatable bonds is 8. The van der Waals surface area contributed by atoms with Crippen LogP contribution in [0, 0.1) is 0 Å². The van der Waals surface area contributed by atoms with E-state index in [0.29, 0.717) is 17.3 Å². The van der Waals surface area contributed by atoms with Gasteiger partial charge in [-0.25, -0.2) is 0 Å². The van der Waals surface area contributed by atoms with Crippen LogP contribution in [0.4, 0.5) is 0 Å². The van der Waals surface area contributed by atoms with Gasteiger partial charge in [-0.2, -0.15) is 0 Å². The molecular weight excluding hydrogens is 388 g/mol. The number of hydrogen-bond acceptors (Lipinski definition) is 3. The number of hydrogen-bond donors (Lipinski definition) is 1. The van der Waals surface area contributed by atoms with E-state index in [-0.39, 0.29) is 24.5 Å². The first-order chi connectivity index (χ1) is 14.0. The van der Waals surface area contributed by atoms with Crippen molar-refractivity contribution in [3.8, 4) is 5.75 Å². The zero-order chi connectivity index (χ0) is 20.6. The fraction of sp³-hybridized carbons (Fsp3) is 0.391. The predicted molar refractivity (Wildman–Crippen MR) is 114 cm³/mol. The molecule has 0 heterocycles. The van der Waals surface area contributed by atoms with Crippen molar-refractivity contribution in [2.45, 2.75) is 51.2 Å².